The maximum Gasteiger partial charge on any atom is 0.229 e. The van der Waals surface area contributed by atoms with Gasteiger partial charge in [0.15, 0.2) is 0 Å². The molecule has 2 heterocycles. The van der Waals surface area contributed by atoms with Crippen molar-refractivity contribution in [3.05, 3.63) is 66.4 Å². The van der Waals surface area contributed by atoms with Gasteiger partial charge in [-0.3, -0.25) is 0 Å². The average Bonchev–Trinajstić information content (AvgIpc) is 2.86. The molecule has 0 fully saturated rings. The Hall–Kier alpha value is -2.35. The van der Waals surface area contributed by atoms with E-state index in [1.54, 1.807) is 0 Å². The fourth-order valence-corrected chi connectivity index (χ4v) is 2.70. The second-order valence-corrected chi connectivity index (χ2v) is 5.17. The maximum absolute atomic E-state index is 2.26. The van der Waals surface area contributed by atoms with Crippen molar-refractivity contribution in [2.24, 2.45) is 14.1 Å². The first-order chi connectivity index (χ1) is 9.68. The van der Waals surface area contributed by atoms with Crippen molar-refractivity contribution in [1.82, 2.24) is 4.57 Å². The van der Waals surface area contributed by atoms with Crippen LogP contribution in [0.4, 0.5) is 0 Å². The van der Waals surface area contributed by atoms with Crippen LogP contribution in [0.1, 0.15) is 5.56 Å². The van der Waals surface area contributed by atoms with Crippen molar-refractivity contribution in [1.29, 1.82) is 0 Å². The van der Waals surface area contributed by atoms with E-state index in [2.05, 4.69) is 90.9 Å². The maximum atomic E-state index is 2.26. The fraction of sp³-hybridized carbons (Fsp3) is 0.167. The molecule has 2 nitrogen and oxygen atoms in total. The lowest BCUT2D eigenvalue weighted by atomic mass is 10.0. The Morgan fingerprint density at radius 3 is 2.30 bits per heavy atom. The number of hydrogen-bond donors (Lipinski definition) is 0. The summed E-state index contributed by atoms with van der Waals surface area (Å²) in [5.74, 6) is 0. The number of benzene rings is 1. The molecule has 0 aliphatic rings. The monoisotopic (exact) mass is 263 g/mol. The number of nitrogens with zero attached hydrogens (tertiary/aromatic N) is 2. The zero-order chi connectivity index (χ0) is 14.1. The Morgan fingerprint density at radius 2 is 1.60 bits per heavy atom. The van der Waals surface area contributed by atoms with E-state index in [9.17, 15) is 0 Å². The van der Waals surface area contributed by atoms with Gasteiger partial charge in [-0.05, 0) is 36.8 Å². The van der Waals surface area contributed by atoms with Crippen molar-refractivity contribution in [2.45, 2.75) is 6.92 Å². The normalized spacial score (nSPS) is 10.8. The summed E-state index contributed by atoms with van der Waals surface area (Å²) in [5.41, 5.74) is 6.26. The van der Waals surface area contributed by atoms with E-state index in [4.69, 9.17) is 0 Å². The molecule has 0 aliphatic carbocycles. The fourth-order valence-electron chi connectivity index (χ4n) is 2.70. The average molecular weight is 263 g/mol. The molecule has 3 aromatic rings. The van der Waals surface area contributed by atoms with Crippen LogP contribution < -0.4 is 4.57 Å². The third kappa shape index (κ3) is 2.03. The van der Waals surface area contributed by atoms with Gasteiger partial charge in [0.2, 0.25) is 11.4 Å². The smallest absolute Gasteiger partial charge is 0.229 e. The summed E-state index contributed by atoms with van der Waals surface area (Å²) in [6.07, 6.45) is 2.08. The van der Waals surface area contributed by atoms with Crippen LogP contribution >= 0.6 is 0 Å². The molecule has 0 saturated heterocycles. The minimum Gasteiger partial charge on any atom is -0.346 e. The van der Waals surface area contributed by atoms with Gasteiger partial charge in [-0.1, -0.05) is 18.2 Å². The molecule has 0 bridgehead atoms. The highest BCUT2D eigenvalue weighted by atomic mass is 15.0. The van der Waals surface area contributed by atoms with Gasteiger partial charge in [0.1, 0.15) is 12.7 Å². The summed E-state index contributed by atoms with van der Waals surface area (Å²) in [5, 5.41) is 0. The topological polar surface area (TPSA) is 8.81 Å². The Balaban J connectivity index is 2.21. The van der Waals surface area contributed by atoms with Gasteiger partial charge in [0, 0.05) is 30.9 Å². The van der Waals surface area contributed by atoms with Gasteiger partial charge in [0.05, 0.1) is 0 Å². The summed E-state index contributed by atoms with van der Waals surface area (Å²) < 4.78 is 4.41. The number of hydrogen-bond acceptors (Lipinski definition) is 0. The summed E-state index contributed by atoms with van der Waals surface area (Å²) in [6, 6.07) is 19.2. The highest BCUT2D eigenvalue weighted by Crippen LogP contribution is 2.23. The molecule has 0 aliphatic heterocycles. The van der Waals surface area contributed by atoms with Crippen LogP contribution in [0, 0.1) is 6.92 Å². The van der Waals surface area contributed by atoms with Crippen LogP contribution in [-0.4, -0.2) is 4.57 Å². The Labute approximate surface area is 119 Å². The molecule has 2 heteroatoms. The zero-order valence-corrected chi connectivity index (χ0v) is 12.2. The molecule has 3 rings (SSSR count). The van der Waals surface area contributed by atoms with Gasteiger partial charge in [-0.2, -0.15) is 4.57 Å². The van der Waals surface area contributed by atoms with Crippen LogP contribution in [0.25, 0.3) is 22.6 Å². The molecule has 0 saturated carbocycles. The van der Waals surface area contributed by atoms with E-state index < -0.39 is 0 Å². The van der Waals surface area contributed by atoms with Gasteiger partial charge >= 0.3 is 0 Å². The molecule has 20 heavy (non-hydrogen) atoms. The Bertz CT molecular complexity index is 754. The standard InChI is InChI=1S/C18H19N2/c1-14-8-4-5-9-15(14)16-10-6-11-18(20(16)3)17-12-7-13-19(17)2/h4-13H,1-3H3/q+1. The van der Waals surface area contributed by atoms with E-state index in [0.29, 0.717) is 0 Å². The second kappa shape index (κ2) is 4.97. The zero-order valence-electron chi connectivity index (χ0n) is 12.2. The first-order valence-electron chi connectivity index (χ1n) is 6.85. The number of aryl methyl sites for hydroxylation is 2. The quantitative estimate of drug-likeness (QED) is 0.626. The highest BCUT2D eigenvalue weighted by molar-refractivity contribution is 5.62. The summed E-state index contributed by atoms with van der Waals surface area (Å²) in [6.45, 7) is 2.16. The molecule has 1 aromatic carbocycles. The van der Waals surface area contributed by atoms with Gasteiger partial charge in [0.25, 0.3) is 0 Å². The first-order valence-corrected chi connectivity index (χ1v) is 6.85. The molecule has 0 atom stereocenters. The molecular weight excluding hydrogens is 244 g/mol. The number of rotatable bonds is 2. The van der Waals surface area contributed by atoms with E-state index in [0.717, 1.165) is 0 Å². The summed E-state index contributed by atoms with van der Waals surface area (Å²) >= 11 is 0. The van der Waals surface area contributed by atoms with Gasteiger partial charge < -0.3 is 4.57 Å². The molecule has 0 N–H and O–H groups in total. The third-order valence-electron chi connectivity index (χ3n) is 3.86. The SMILES string of the molecule is Cc1ccccc1-c1cccc(-c2cccn2C)[n+]1C. The lowest BCUT2D eigenvalue weighted by Crippen LogP contribution is -2.34. The van der Waals surface area contributed by atoms with Crippen LogP contribution in [0.3, 0.4) is 0 Å². The Morgan fingerprint density at radius 1 is 0.850 bits per heavy atom. The van der Waals surface area contributed by atoms with Crippen molar-refractivity contribution < 1.29 is 4.57 Å². The third-order valence-corrected chi connectivity index (χ3v) is 3.86. The van der Waals surface area contributed by atoms with Crippen molar-refractivity contribution >= 4 is 0 Å². The molecule has 0 radical (unpaired) electrons. The second-order valence-electron chi connectivity index (χ2n) is 5.17. The van der Waals surface area contributed by atoms with Crippen LogP contribution in [0.5, 0.6) is 0 Å². The van der Waals surface area contributed by atoms with Gasteiger partial charge in [-0.15, -0.1) is 0 Å². The largest absolute Gasteiger partial charge is 0.346 e. The van der Waals surface area contributed by atoms with E-state index in [1.807, 2.05) is 0 Å². The van der Waals surface area contributed by atoms with Crippen molar-refractivity contribution in [3.63, 3.8) is 0 Å². The number of pyridine rings is 1. The minimum absolute atomic E-state index is 1.22. The van der Waals surface area contributed by atoms with Gasteiger partial charge in [-0.25, -0.2) is 0 Å². The molecule has 0 unspecified atom stereocenters. The molecule has 0 spiro atoms. The Kier molecular flexibility index (Phi) is 3.15. The van der Waals surface area contributed by atoms with Crippen molar-refractivity contribution in [2.75, 3.05) is 0 Å². The van der Waals surface area contributed by atoms with Crippen molar-refractivity contribution in [3.8, 4) is 22.6 Å². The summed E-state index contributed by atoms with van der Waals surface area (Å²) in [4.78, 5) is 0. The molecule has 2 aromatic heterocycles. The lowest BCUT2D eigenvalue weighted by Gasteiger charge is -2.08. The minimum atomic E-state index is 1.22. The molecular formula is C18H19N2+. The predicted molar refractivity (Wildman–Crippen MR) is 82.2 cm³/mol. The number of aromatic nitrogens is 2. The molecule has 100 valence electrons. The predicted octanol–water partition coefficient (Wildman–Crippen LogP) is 3.49. The van der Waals surface area contributed by atoms with Crippen LogP contribution in [-0.2, 0) is 14.1 Å². The van der Waals surface area contributed by atoms with E-state index in [-0.39, 0.29) is 0 Å². The highest BCUT2D eigenvalue weighted by Gasteiger charge is 2.18. The van der Waals surface area contributed by atoms with E-state index >= 15 is 0 Å². The lowest BCUT2D eigenvalue weighted by molar-refractivity contribution is -0.649. The van der Waals surface area contributed by atoms with Crippen LogP contribution in [0.15, 0.2) is 60.8 Å². The van der Waals surface area contributed by atoms with E-state index in [1.165, 1.54) is 28.2 Å². The summed E-state index contributed by atoms with van der Waals surface area (Å²) in [7, 11) is 4.21. The molecule has 0 amide bonds. The first kappa shape index (κ1) is 12.7. The van der Waals surface area contributed by atoms with Crippen LogP contribution in [0.2, 0.25) is 0 Å².